The van der Waals surface area contributed by atoms with Crippen LogP contribution in [0.1, 0.15) is 24.2 Å². The van der Waals surface area contributed by atoms with Crippen molar-refractivity contribution in [3.05, 3.63) is 71.7 Å². The topological polar surface area (TPSA) is 51.2 Å². The number of pyridine rings is 1. The number of aromatic nitrogens is 1. The van der Waals surface area contributed by atoms with E-state index in [9.17, 15) is 9.18 Å². The van der Waals surface area contributed by atoms with Crippen LogP contribution in [0.15, 0.2) is 54.6 Å². The molecule has 1 heterocycles. The molecule has 1 aromatic heterocycles. The number of hydrogen-bond acceptors (Lipinski definition) is 3. The Morgan fingerprint density at radius 1 is 1.16 bits per heavy atom. The summed E-state index contributed by atoms with van der Waals surface area (Å²) in [6.07, 6.45) is 0. The highest BCUT2D eigenvalue weighted by atomic mass is 19.1. The standard InChI is InChI=1S/C20H19FN2O2/c1-13-6-7-16-4-3-5-18(20(16)22-13)25-12-19(24)23-14(2)15-8-10-17(21)11-9-15/h3-11,14H,12H2,1-2H3,(H,23,24). The van der Waals surface area contributed by atoms with Crippen LogP contribution in [0.5, 0.6) is 5.75 Å². The number of amides is 1. The number of ether oxygens (including phenoxy) is 1. The third-order valence-electron chi connectivity index (χ3n) is 3.93. The lowest BCUT2D eigenvalue weighted by atomic mass is 10.1. The quantitative estimate of drug-likeness (QED) is 0.767. The second kappa shape index (κ2) is 7.30. The summed E-state index contributed by atoms with van der Waals surface area (Å²) in [5.74, 6) is 0.0247. The van der Waals surface area contributed by atoms with E-state index in [1.54, 1.807) is 18.2 Å². The van der Waals surface area contributed by atoms with Crippen molar-refractivity contribution in [1.82, 2.24) is 10.3 Å². The lowest BCUT2D eigenvalue weighted by Gasteiger charge is -2.15. The minimum Gasteiger partial charge on any atom is -0.481 e. The minimum atomic E-state index is -0.302. The van der Waals surface area contributed by atoms with E-state index in [-0.39, 0.29) is 24.4 Å². The zero-order valence-electron chi connectivity index (χ0n) is 14.1. The maximum absolute atomic E-state index is 13.0. The average Bonchev–Trinajstić information content (AvgIpc) is 2.60. The number of halogens is 1. The number of carbonyl (C=O) groups excluding carboxylic acids is 1. The first-order valence-electron chi connectivity index (χ1n) is 8.07. The fourth-order valence-electron chi connectivity index (χ4n) is 2.60. The first-order valence-corrected chi connectivity index (χ1v) is 8.07. The zero-order chi connectivity index (χ0) is 17.8. The molecule has 0 saturated heterocycles. The molecular formula is C20H19FN2O2. The molecule has 0 radical (unpaired) electrons. The van der Waals surface area contributed by atoms with E-state index < -0.39 is 0 Å². The SMILES string of the molecule is Cc1ccc2cccc(OCC(=O)NC(C)c3ccc(F)cc3)c2n1. The van der Waals surface area contributed by atoms with Crippen molar-refractivity contribution in [2.24, 2.45) is 0 Å². The minimum absolute atomic E-state index is 0.111. The van der Waals surface area contributed by atoms with Crippen LogP contribution in [0.4, 0.5) is 4.39 Å². The molecule has 25 heavy (non-hydrogen) atoms. The van der Waals surface area contributed by atoms with Crippen LogP contribution >= 0.6 is 0 Å². The number of aryl methyl sites for hydroxylation is 1. The largest absolute Gasteiger partial charge is 0.481 e. The third-order valence-corrected chi connectivity index (χ3v) is 3.93. The van der Waals surface area contributed by atoms with Gasteiger partial charge in [0.2, 0.25) is 0 Å². The molecule has 0 bridgehead atoms. The Morgan fingerprint density at radius 2 is 1.92 bits per heavy atom. The summed E-state index contributed by atoms with van der Waals surface area (Å²) in [4.78, 5) is 16.6. The molecule has 128 valence electrons. The van der Waals surface area contributed by atoms with Crippen molar-refractivity contribution >= 4 is 16.8 Å². The molecule has 4 nitrogen and oxygen atoms in total. The summed E-state index contributed by atoms with van der Waals surface area (Å²) in [7, 11) is 0. The molecule has 0 aliphatic rings. The molecule has 1 N–H and O–H groups in total. The van der Waals surface area contributed by atoms with E-state index in [1.807, 2.05) is 38.1 Å². The molecule has 0 aliphatic carbocycles. The van der Waals surface area contributed by atoms with Gasteiger partial charge in [0.15, 0.2) is 6.61 Å². The van der Waals surface area contributed by atoms with Gasteiger partial charge in [-0.05, 0) is 43.7 Å². The highest BCUT2D eigenvalue weighted by molar-refractivity contribution is 5.85. The summed E-state index contributed by atoms with van der Waals surface area (Å²) < 4.78 is 18.6. The van der Waals surface area contributed by atoms with Crippen molar-refractivity contribution in [3.8, 4) is 5.75 Å². The van der Waals surface area contributed by atoms with Crippen LogP contribution in [0.25, 0.3) is 10.9 Å². The van der Waals surface area contributed by atoms with Gasteiger partial charge in [0.05, 0.1) is 6.04 Å². The zero-order valence-corrected chi connectivity index (χ0v) is 14.1. The van der Waals surface area contributed by atoms with E-state index in [0.717, 1.165) is 22.2 Å². The highest BCUT2D eigenvalue weighted by Crippen LogP contribution is 2.23. The van der Waals surface area contributed by atoms with Crippen molar-refractivity contribution in [2.45, 2.75) is 19.9 Å². The maximum atomic E-state index is 13.0. The molecule has 0 aliphatic heterocycles. The number of carbonyl (C=O) groups is 1. The van der Waals surface area contributed by atoms with Crippen LogP contribution in [0.2, 0.25) is 0 Å². The van der Waals surface area contributed by atoms with Crippen molar-refractivity contribution < 1.29 is 13.9 Å². The van der Waals surface area contributed by atoms with E-state index in [0.29, 0.717) is 5.75 Å². The number of nitrogens with one attached hydrogen (secondary N) is 1. The number of benzene rings is 2. The van der Waals surface area contributed by atoms with Crippen molar-refractivity contribution in [2.75, 3.05) is 6.61 Å². The first-order chi connectivity index (χ1) is 12.0. The predicted molar refractivity (Wildman–Crippen MR) is 94.9 cm³/mol. The first kappa shape index (κ1) is 16.9. The summed E-state index contributed by atoms with van der Waals surface area (Å²) in [5.41, 5.74) is 2.46. The Hall–Kier alpha value is -2.95. The lowest BCUT2D eigenvalue weighted by molar-refractivity contribution is -0.123. The molecule has 3 rings (SSSR count). The summed E-state index contributed by atoms with van der Waals surface area (Å²) >= 11 is 0. The monoisotopic (exact) mass is 338 g/mol. The van der Waals surface area contributed by atoms with Crippen LogP contribution in [-0.2, 0) is 4.79 Å². The number of nitrogens with zero attached hydrogens (tertiary/aromatic N) is 1. The predicted octanol–water partition coefficient (Wildman–Crippen LogP) is 3.94. The van der Waals surface area contributed by atoms with Gasteiger partial charge in [-0.1, -0.05) is 30.3 Å². The third kappa shape index (κ3) is 4.12. The number of para-hydroxylation sites is 1. The van der Waals surface area contributed by atoms with Gasteiger partial charge in [-0.2, -0.15) is 0 Å². The Labute approximate surface area is 145 Å². The number of hydrogen-bond donors (Lipinski definition) is 1. The summed E-state index contributed by atoms with van der Waals surface area (Å²) in [6, 6.07) is 15.3. The molecule has 3 aromatic rings. The second-order valence-electron chi connectivity index (χ2n) is 5.91. The molecule has 0 saturated carbocycles. The molecule has 5 heteroatoms. The number of rotatable bonds is 5. The molecule has 1 atom stereocenters. The van der Waals surface area contributed by atoms with Gasteiger partial charge in [-0.3, -0.25) is 4.79 Å². The fourth-order valence-corrected chi connectivity index (χ4v) is 2.60. The Kier molecular flexibility index (Phi) is 4.93. The normalized spacial score (nSPS) is 12.0. The molecule has 1 amide bonds. The van der Waals surface area contributed by atoms with Gasteiger partial charge < -0.3 is 10.1 Å². The van der Waals surface area contributed by atoms with E-state index in [4.69, 9.17) is 4.74 Å². The van der Waals surface area contributed by atoms with Gasteiger partial charge >= 0.3 is 0 Å². The number of fused-ring (bicyclic) bond motifs is 1. The molecule has 0 fully saturated rings. The molecule has 2 aromatic carbocycles. The maximum Gasteiger partial charge on any atom is 0.258 e. The fraction of sp³-hybridized carbons (Fsp3) is 0.200. The Balaban J connectivity index is 1.64. The average molecular weight is 338 g/mol. The molecular weight excluding hydrogens is 319 g/mol. The Morgan fingerprint density at radius 3 is 2.68 bits per heavy atom. The van der Waals surface area contributed by atoms with Crippen molar-refractivity contribution in [3.63, 3.8) is 0 Å². The Bertz CT molecular complexity index is 894. The second-order valence-corrected chi connectivity index (χ2v) is 5.91. The molecule has 1 unspecified atom stereocenters. The van der Waals surface area contributed by atoms with Crippen LogP contribution < -0.4 is 10.1 Å². The van der Waals surface area contributed by atoms with E-state index in [2.05, 4.69) is 10.3 Å². The van der Waals surface area contributed by atoms with Gasteiger partial charge in [0.1, 0.15) is 17.1 Å². The highest BCUT2D eigenvalue weighted by Gasteiger charge is 2.11. The van der Waals surface area contributed by atoms with Gasteiger partial charge in [0, 0.05) is 11.1 Å². The van der Waals surface area contributed by atoms with Gasteiger partial charge in [-0.25, -0.2) is 9.37 Å². The van der Waals surface area contributed by atoms with Crippen LogP contribution in [0, 0.1) is 12.7 Å². The smallest absolute Gasteiger partial charge is 0.258 e. The summed E-state index contributed by atoms with van der Waals surface area (Å²) in [5, 5.41) is 3.80. The summed E-state index contributed by atoms with van der Waals surface area (Å²) in [6.45, 7) is 3.64. The van der Waals surface area contributed by atoms with Crippen LogP contribution in [0.3, 0.4) is 0 Å². The van der Waals surface area contributed by atoms with Crippen LogP contribution in [-0.4, -0.2) is 17.5 Å². The lowest BCUT2D eigenvalue weighted by Crippen LogP contribution is -2.31. The van der Waals surface area contributed by atoms with E-state index in [1.165, 1.54) is 12.1 Å². The molecule has 0 spiro atoms. The van der Waals surface area contributed by atoms with Gasteiger partial charge in [-0.15, -0.1) is 0 Å². The van der Waals surface area contributed by atoms with Gasteiger partial charge in [0.25, 0.3) is 5.91 Å². The van der Waals surface area contributed by atoms with Crippen molar-refractivity contribution in [1.29, 1.82) is 0 Å². The van der Waals surface area contributed by atoms with E-state index >= 15 is 0 Å².